The van der Waals surface area contributed by atoms with E-state index < -0.39 is 5.54 Å². The first-order valence-electron chi connectivity index (χ1n) is 7.51. The van der Waals surface area contributed by atoms with Gasteiger partial charge in [0.1, 0.15) is 0 Å². The molecule has 0 saturated carbocycles. The minimum Gasteiger partial charge on any atom is -0.381 e. The summed E-state index contributed by atoms with van der Waals surface area (Å²) < 4.78 is 5.27. The van der Waals surface area contributed by atoms with Crippen molar-refractivity contribution in [3.63, 3.8) is 0 Å². The highest BCUT2D eigenvalue weighted by atomic mass is 16.5. The number of carbonyl (C=O) groups is 1. The summed E-state index contributed by atoms with van der Waals surface area (Å²) in [6.07, 6.45) is 5.13. The third-order valence-electron chi connectivity index (χ3n) is 4.41. The Labute approximate surface area is 115 Å². The SMILES string of the molecule is CC(CNC(=O)C1(N)CCOCC1)N1CCCCC1. The van der Waals surface area contributed by atoms with Crippen molar-refractivity contribution < 1.29 is 9.53 Å². The molecule has 1 amide bonds. The summed E-state index contributed by atoms with van der Waals surface area (Å²) in [6.45, 7) is 6.35. The summed E-state index contributed by atoms with van der Waals surface area (Å²) in [5.41, 5.74) is 5.44. The molecule has 2 rings (SSSR count). The molecule has 5 heteroatoms. The van der Waals surface area contributed by atoms with E-state index in [1.807, 2.05) is 0 Å². The van der Waals surface area contributed by atoms with E-state index >= 15 is 0 Å². The van der Waals surface area contributed by atoms with Gasteiger partial charge in [0.2, 0.25) is 5.91 Å². The normalized spacial score (nSPS) is 25.8. The molecule has 0 radical (unpaired) electrons. The fourth-order valence-corrected chi connectivity index (χ4v) is 2.87. The van der Waals surface area contributed by atoms with Gasteiger partial charge in [0.25, 0.3) is 0 Å². The van der Waals surface area contributed by atoms with Crippen molar-refractivity contribution in [3.8, 4) is 0 Å². The molecule has 0 aliphatic carbocycles. The molecule has 1 atom stereocenters. The van der Waals surface area contributed by atoms with Crippen LogP contribution in [0.4, 0.5) is 0 Å². The molecule has 2 aliphatic heterocycles. The van der Waals surface area contributed by atoms with Gasteiger partial charge in [0, 0.05) is 25.8 Å². The van der Waals surface area contributed by atoms with Crippen molar-refractivity contribution in [2.45, 2.75) is 50.6 Å². The van der Waals surface area contributed by atoms with E-state index in [0.29, 0.717) is 38.6 Å². The number of nitrogens with one attached hydrogen (secondary N) is 1. The Kier molecular flexibility index (Phi) is 5.19. The lowest BCUT2D eigenvalue weighted by Crippen LogP contribution is -2.58. The van der Waals surface area contributed by atoms with Crippen LogP contribution >= 0.6 is 0 Å². The number of rotatable bonds is 4. The Bertz CT molecular complexity index is 297. The Morgan fingerprint density at radius 3 is 2.58 bits per heavy atom. The molecule has 0 bridgehead atoms. The van der Waals surface area contributed by atoms with Crippen LogP contribution in [-0.4, -0.2) is 55.2 Å². The predicted octanol–water partition coefficient (Wildman–Crippen LogP) is 0.485. The van der Waals surface area contributed by atoms with Gasteiger partial charge in [-0.3, -0.25) is 9.69 Å². The number of nitrogens with two attached hydrogens (primary N) is 1. The van der Waals surface area contributed by atoms with Crippen molar-refractivity contribution in [1.82, 2.24) is 10.2 Å². The smallest absolute Gasteiger partial charge is 0.240 e. The van der Waals surface area contributed by atoms with Gasteiger partial charge in [-0.25, -0.2) is 0 Å². The number of nitrogens with zero attached hydrogens (tertiary/aromatic N) is 1. The minimum absolute atomic E-state index is 0.0142. The molecular formula is C14H27N3O2. The van der Waals surface area contributed by atoms with E-state index in [1.54, 1.807) is 0 Å². The molecular weight excluding hydrogens is 242 g/mol. The van der Waals surface area contributed by atoms with Gasteiger partial charge in [0.05, 0.1) is 5.54 Å². The molecule has 110 valence electrons. The van der Waals surface area contributed by atoms with Crippen LogP contribution in [0, 0.1) is 0 Å². The fourth-order valence-electron chi connectivity index (χ4n) is 2.87. The Morgan fingerprint density at radius 1 is 1.32 bits per heavy atom. The first-order valence-corrected chi connectivity index (χ1v) is 7.51. The molecule has 19 heavy (non-hydrogen) atoms. The lowest BCUT2D eigenvalue weighted by atomic mass is 9.90. The maximum atomic E-state index is 12.2. The van der Waals surface area contributed by atoms with Crippen molar-refractivity contribution in [3.05, 3.63) is 0 Å². The summed E-state index contributed by atoms with van der Waals surface area (Å²) in [4.78, 5) is 14.7. The van der Waals surface area contributed by atoms with Gasteiger partial charge >= 0.3 is 0 Å². The second-order valence-electron chi connectivity index (χ2n) is 5.92. The molecule has 2 heterocycles. The number of hydrogen-bond donors (Lipinski definition) is 2. The van der Waals surface area contributed by atoms with Gasteiger partial charge in [-0.2, -0.15) is 0 Å². The topological polar surface area (TPSA) is 67.6 Å². The van der Waals surface area contributed by atoms with E-state index in [-0.39, 0.29) is 5.91 Å². The standard InChI is InChI=1S/C14H27N3O2/c1-12(17-7-3-2-4-8-17)11-16-13(18)14(15)5-9-19-10-6-14/h12H,2-11,15H2,1H3,(H,16,18). The number of amides is 1. The Morgan fingerprint density at radius 2 is 1.95 bits per heavy atom. The molecule has 0 spiro atoms. The van der Waals surface area contributed by atoms with Crippen LogP contribution in [0.2, 0.25) is 0 Å². The summed E-state index contributed by atoms with van der Waals surface area (Å²) >= 11 is 0. The van der Waals surface area contributed by atoms with Gasteiger partial charge in [-0.1, -0.05) is 6.42 Å². The molecule has 3 N–H and O–H groups in total. The number of piperidine rings is 1. The van der Waals surface area contributed by atoms with E-state index in [1.165, 1.54) is 19.3 Å². The molecule has 0 aromatic heterocycles. The maximum Gasteiger partial charge on any atom is 0.240 e. The van der Waals surface area contributed by atoms with Crippen molar-refractivity contribution >= 4 is 5.91 Å². The Balaban J connectivity index is 1.75. The van der Waals surface area contributed by atoms with Crippen LogP contribution < -0.4 is 11.1 Å². The average Bonchev–Trinajstić information content (AvgIpc) is 2.46. The third kappa shape index (κ3) is 3.91. The van der Waals surface area contributed by atoms with Crippen LogP contribution in [0.1, 0.15) is 39.0 Å². The van der Waals surface area contributed by atoms with Crippen LogP contribution in [0.5, 0.6) is 0 Å². The summed E-state index contributed by atoms with van der Waals surface area (Å²) in [5.74, 6) is -0.0142. The average molecular weight is 269 g/mol. The largest absolute Gasteiger partial charge is 0.381 e. The van der Waals surface area contributed by atoms with Gasteiger partial charge in [0.15, 0.2) is 0 Å². The zero-order valence-electron chi connectivity index (χ0n) is 12.0. The second-order valence-corrected chi connectivity index (χ2v) is 5.92. The van der Waals surface area contributed by atoms with Gasteiger partial charge in [-0.05, 0) is 45.7 Å². The zero-order valence-corrected chi connectivity index (χ0v) is 12.0. The first-order chi connectivity index (χ1) is 9.12. The molecule has 0 aromatic rings. The molecule has 0 aromatic carbocycles. The van der Waals surface area contributed by atoms with E-state index in [4.69, 9.17) is 10.5 Å². The zero-order chi connectivity index (χ0) is 13.7. The molecule has 1 unspecified atom stereocenters. The first kappa shape index (κ1) is 14.8. The van der Waals surface area contributed by atoms with Crippen molar-refractivity contribution in [2.75, 3.05) is 32.8 Å². The third-order valence-corrected chi connectivity index (χ3v) is 4.41. The van der Waals surface area contributed by atoms with Crippen LogP contribution in [0.15, 0.2) is 0 Å². The highest BCUT2D eigenvalue weighted by molar-refractivity contribution is 5.86. The van der Waals surface area contributed by atoms with Gasteiger partial charge < -0.3 is 15.8 Å². The minimum atomic E-state index is -0.722. The molecule has 2 saturated heterocycles. The highest BCUT2D eigenvalue weighted by Gasteiger charge is 2.35. The second kappa shape index (κ2) is 6.68. The summed E-state index contributed by atoms with van der Waals surface area (Å²) in [7, 11) is 0. The van der Waals surface area contributed by atoms with Crippen LogP contribution in [0.25, 0.3) is 0 Å². The highest BCUT2D eigenvalue weighted by Crippen LogP contribution is 2.18. The van der Waals surface area contributed by atoms with Crippen molar-refractivity contribution in [1.29, 1.82) is 0 Å². The number of ether oxygens (including phenoxy) is 1. The monoisotopic (exact) mass is 269 g/mol. The maximum absolute atomic E-state index is 12.2. The van der Waals surface area contributed by atoms with E-state index in [9.17, 15) is 4.79 Å². The van der Waals surface area contributed by atoms with E-state index in [2.05, 4.69) is 17.1 Å². The summed E-state index contributed by atoms with van der Waals surface area (Å²) in [5, 5.41) is 3.03. The lowest BCUT2D eigenvalue weighted by molar-refractivity contribution is -0.130. The molecule has 2 fully saturated rings. The van der Waals surface area contributed by atoms with Crippen LogP contribution in [0.3, 0.4) is 0 Å². The van der Waals surface area contributed by atoms with Crippen LogP contribution in [-0.2, 0) is 9.53 Å². The number of carbonyl (C=O) groups excluding carboxylic acids is 1. The van der Waals surface area contributed by atoms with Gasteiger partial charge in [-0.15, -0.1) is 0 Å². The quantitative estimate of drug-likeness (QED) is 0.779. The molecule has 2 aliphatic rings. The fraction of sp³-hybridized carbons (Fsp3) is 0.929. The number of hydrogen-bond acceptors (Lipinski definition) is 4. The Hall–Kier alpha value is -0.650. The number of likely N-dealkylation sites (tertiary alicyclic amines) is 1. The predicted molar refractivity (Wildman–Crippen MR) is 74.9 cm³/mol. The van der Waals surface area contributed by atoms with Crippen molar-refractivity contribution in [2.24, 2.45) is 5.73 Å². The lowest BCUT2D eigenvalue weighted by Gasteiger charge is -2.35. The summed E-state index contributed by atoms with van der Waals surface area (Å²) in [6, 6.07) is 0.396. The van der Waals surface area contributed by atoms with E-state index in [0.717, 1.165) is 13.1 Å². The molecule has 5 nitrogen and oxygen atoms in total.